The number of likely N-dealkylation sites (tertiary alicyclic amines) is 1. The first kappa shape index (κ1) is 17.0. The fraction of sp³-hybridized carbons (Fsp3) is 0.579. The van der Waals surface area contributed by atoms with E-state index in [0.717, 1.165) is 36.8 Å². The molecule has 2 fully saturated rings. The van der Waals surface area contributed by atoms with Crippen molar-refractivity contribution in [2.75, 3.05) is 13.2 Å². The third-order valence-electron chi connectivity index (χ3n) is 5.21. The summed E-state index contributed by atoms with van der Waals surface area (Å²) in [5.74, 6) is 0.453. The lowest BCUT2D eigenvalue weighted by atomic mass is 9.84. The third-order valence-corrected chi connectivity index (χ3v) is 5.21. The van der Waals surface area contributed by atoms with Crippen LogP contribution in [0, 0.1) is 19.3 Å². The van der Waals surface area contributed by atoms with Crippen molar-refractivity contribution in [2.24, 2.45) is 5.41 Å². The van der Waals surface area contributed by atoms with E-state index in [9.17, 15) is 14.7 Å². The monoisotopic (exact) mass is 331 g/mol. The van der Waals surface area contributed by atoms with Crippen LogP contribution in [-0.4, -0.2) is 41.1 Å². The van der Waals surface area contributed by atoms with Crippen LogP contribution in [0.2, 0.25) is 0 Å². The van der Waals surface area contributed by atoms with Crippen LogP contribution in [0.3, 0.4) is 0 Å². The Morgan fingerprint density at radius 1 is 1.25 bits per heavy atom. The second-order valence-corrected chi connectivity index (χ2v) is 7.21. The van der Waals surface area contributed by atoms with E-state index in [1.54, 1.807) is 0 Å². The minimum atomic E-state index is -0.879. The van der Waals surface area contributed by atoms with Gasteiger partial charge in [-0.2, -0.15) is 0 Å². The number of nitrogens with zero attached hydrogens (tertiary/aromatic N) is 1. The molecule has 1 N–H and O–H groups in total. The molecule has 1 aromatic rings. The lowest BCUT2D eigenvalue weighted by Crippen LogP contribution is -2.41. The number of β-amino-alcohol motifs (C(OH)–C–C–N with tert-alkyl or cyclic N) is 1. The van der Waals surface area contributed by atoms with Crippen molar-refractivity contribution >= 4 is 11.8 Å². The zero-order valence-electron chi connectivity index (χ0n) is 14.4. The Morgan fingerprint density at radius 2 is 1.96 bits per heavy atom. The number of hydrogen-bond donors (Lipinski definition) is 1. The van der Waals surface area contributed by atoms with Gasteiger partial charge in [-0.3, -0.25) is 14.5 Å². The van der Waals surface area contributed by atoms with Gasteiger partial charge in [-0.05, 0) is 38.3 Å². The van der Waals surface area contributed by atoms with E-state index in [4.69, 9.17) is 4.74 Å². The van der Waals surface area contributed by atoms with Crippen LogP contribution in [-0.2, 0) is 9.59 Å². The predicted molar refractivity (Wildman–Crippen MR) is 89.7 cm³/mol. The van der Waals surface area contributed by atoms with Crippen LogP contribution in [0.25, 0.3) is 0 Å². The molecule has 5 heteroatoms. The molecule has 130 valence electrons. The lowest BCUT2D eigenvalue weighted by Gasteiger charge is -2.23. The van der Waals surface area contributed by atoms with Gasteiger partial charge < -0.3 is 9.84 Å². The first-order valence-corrected chi connectivity index (χ1v) is 8.64. The molecule has 3 rings (SSSR count). The number of aliphatic hydroxyl groups is 1. The van der Waals surface area contributed by atoms with E-state index in [-0.39, 0.29) is 25.0 Å². The van der Waals surface area contributed by atoms with Crippen LogP contribution in [0.15, 0.2) is 18.2 Å². The first-order valence-electron chi connectivity index (χ1n) is 8.64. The molecule has 1 saturated heterocycles. The SMILES string of the molecule is Cc1ccc(OC[C@@H](O)CN2C(=O)CC3(CCCC3)C2=O)c(C)c1. The molecule has 1 heterocycles. The predicted octanol–water partition coefficient (Wildman–Crippen LogP) is 2.36. The van der Waals surface area contributed by atoms with Crippen molar-refractivity contribution in [2.45, 2.75) is 52.1 Å². The summed E-state index contributed by atoms with van der Waals surface area (Å²) >= 11 is 0. The molecule has 2 amide bonds. The molecule has 0 aromatic heterocycles. The molecule has 1 aliphatic heterocycles. The van der Waals surface area contributed by atoms with E-state index in [2.05, 4.69) is 0 Å². The number of amides is 2. The smallest absolute Gasteiger partial charge is 0.235 e. The van der Waals surface area contributed by atoms with Crippen LogP contribution in [0.5, 0.6) is 5.75 Å². The quantitative estimate of drug-likeness (QED) is 0.841. The fourth-order valence-corrected chi connectivity index (χ4v) is 3.90. The second kappa shape index (κ2) is 6.55. The number of aliphatic hydroxyl groups excluding tert-OH is 1. The van der Waals surface area contributed by atoms with Gasteiger partial charge in [0.2, 0.25) is 11.8 Å². The normalized spacial score (nSPS) is 20.9. The van der Waals surface area contributed by atoms with E-state index in [1.165, 1.54) is 4.90 Å². The fourth-order valence-electron chi connectivity index (χ4n) is 3.90. The number of carbonyl (C=O) groups excluding carboxylic acids is 2. The highest BCUT2D eigenvalue weighted by Gasteiger charge is 2.52. The standard InChI is InChI=1S/C19H25NO4/c1-13-5-6-16(14(2)9-13)24-12-15(21)11-20-17(22)10-19(18(20)23)7-3-4-8-19/h5-6,9,15,21H,3-4,7-8,10-12H2,1-2H3/t15-/m0/s1. The van der Waals surface area contributed by atoms with Gasteiger partial charge in [0.05, 0.1) is 12.0 Å². The van der Waals surface area contributed by atoms with Crippen molar-refractivity contribution in [3.8, 4) is 5.75 Å². The summed E-state index contributed by atoms with van der Waals surface area (Å²) < 4.78 is 5.65. The van der Waals surface area contributed by atoms with Crippen LogP contribution in [0.1, 0.15) is 43.2 Å². The van der Waals surface area contributed by atoms with E-state index >= 15 is 0 Å². The molecule has 2 aliphatic rings. The van der Waals surface area contributed by atoms with Gasteiger partial charge in [0, 0.05) is 6.42 Å². The van der Waals surface area contributed by atoms with Gasteiger partial charge >= 0.3 is 0 Å². The molecule has 1 atom stereocenters. The summed E-state index contributed by atoms with van der Waals surface area (Å²) in [5.41, 5.74) is 1.67. The van der Waals surface area contributed by atoms with Crippen molar-refractivity contribution in [1.29, 1.82) is 0 Å². The summed E-state index contributed by atoms with van der Waals surface area (Å²) in [7, 11) is 0. The molecular weight excluding hydrogens is 306 g/mol. The summed E-state index contributed by atoms with van der Waals surface area (Å²) in [6.45, 7) is 4.04. The Hall–Kier alpha value is -1.88. The Labute approximate surface area is 142 Å². The Morgan fingerprint density at radius 3 is 2.62 bits per heavy atom. The van der Waals surface area contributed by atoms with Crippen molar-refractivity contribution in [1.82, 2.24) is 4.90 Å². The van der Waals surface area contributed by atoms with Crippen LogP contribution in [0.4, 0.5) is 0 Å². The molecule has 0 unspecified atom stereocenters. The highest BCUT2D eigenvalue weighted by atomic mass is 16.5. The van der Waals surface area contributed by atoms with Gasteiger partial charge in [-0.25, -0.2) is 0 Å². The third kappa shape index (κ3) is 3.18. The molecule has 1 spiro atoms. The molecule has 24 heavy (non-hydrogen) atoms. The van der Waals surface area contributed by atoms with Gasteiger partial charge in [0.15, 0.2) is 0 Å². The molecule has 1 aliphatic carbocycles. The first-order chi connectivity index (χ1) is 11.4. The number of hydrogen-bond acceptors (Lipinski definition) is 4. The van der Waals surface area contributed by atoms with Crippen molar-refractivity contribution in [3.63, 3.8) is 0 Å². The average Bonchev–Trinajstić information content (AvgIpc) is 3.08. The Bertz CT molecular complexity index is 649. The Balaban J connectivity index is 1.57. The summed E-state index contributed by atoms with van der Waals surface area (Å²) in [6.07, 6.45) is 3.02. The minimum Gasteiger partial charge on any atom is -0.491 e. The zero-order valence-corrected chi connectivity index (χ0v) is 14.4. The number of aryl methyl sites for hydroxylation is 2. The van der Waals surface area contributed by atoms with Gasteiger partial charge in [0.25, 0.3) is 0 Å². The average molecular weight is 331 g/mol. The number of imide groups is 1. The maximum absolute atomic E-state index is 12.6. The summed E-state index contributed by atoms with van der Waals surface area (Å²) in [5, 5.41) is 10.2. The summed E-state index contributed by atoms with van der Waals surface area (Å²) in [4.78, 5) is 26.0. The molecule has 5 nitrogen and oxygen atoms in total. The zero-order chi connectivity index (χ0) is 17.3. The van der Waals surface area contributed by atoms with E-state index in [1.807, 2.05) is 32.0 Å². The second-order valence-electron chi connectivity index (χ2n) is 7.21. The van der Waals surface area contributed by atoms with Gasteiger partial charge in [0.1, 0.15) is 18.5 Å². The number of carbonyl (C=O) groups is 2. The number of ether oxygens (including phenoxy) is 1. The van der Waals surface area contributed by atoms with Gasteiger partial charge in [-0.15, -0.1) is 0 Å². The molecule has 1 saturated carbocycles. The van der Waals surface area contributed by atoms with Crippen molar-refractivity contribution < 1.29 is 19.4 Å². The largest absolute Gasteiger partial charge is 0.491 e. The maximum Gasteiger partial charge on any atom is 0.235 e. The van der Waals surface area contributed by atoms with Gasteiger partial charge in [-0.1, -0.05) is 30.5 Å². The highest BCUT2D eigenvalue weighted by Crippen LogP contribution is 2.46. The minimum absolute atomic E-state index is 0.0182. The van der Waals surface area contributed by atoms with Crippen LogP contribution < -0.4 is 4.74 Å². The van der Waals surface area contributed by atoms with Crippen LogP contribution >= 0.6 is 0 Å². The lowest BCUT2D eigenvalue weighted by molar-refractivity contribution is -0.143. The van der Waals surface area contributed by atoms with E-state index < -0.39 is 11.5 Å². The molecule has 0 radical (unpaired) electrons. The maximum atomic E-state index is 12.6. The number of benzene rings is 1. The topological polar surface area (TPSA) is 66.8 Å². The molecule has 0 bridgehead atoms. The highest BCUT2D eigenvalue weighted by molar-refractivity contribution is 6.06. The molecular formula is C19H25NO4. The summed E-state index contributed by atoms with van der Waals surface area (Å²) in [6, 6.07) is 5.84. The Kier molecular flexibility index (Phi) is 4.63. The van der Waals surface area contributed by atoms with E-state index in [0.29, 0.717) is 12.2 Å². The van der Waals surface area contributed by atoms with Crippen molar-refractivity contribution in [3.05, 3.63) is 29.3 Å². The molecule has 1 aromatic carbocycles. The number of rotatable bonds is 5.